The minimum Gasteiger partial charge on any atom is -0.349 e. The Labute approximate surface area is 95.8 Å². The molecular weight excluding hydrogens is 202 g/mol. The van der Waals surface area contributed by atoms with Crippen molar-refractivity contribution in [2.45, 2.75) is 45.1 Å². The first-order valence-electron chi connectivity index (χ1n) is 6.05. The van der Waals surface area contributed by atoms with E-state index in [0.717, 1.165) is 18.8 Å². The highest BCUT2D eigenvalue weighted by Gasteiger charge is 2.18. The van der Waals surface area contributed by atoms with Crippen molar-refractivity contribution in [1.29, 1.82) is 0 Å². The van der Waals surface area contributed by atoms with Crippen LogP contribution in [0.4, 0.5) is 0 Å². The summed E-state index contributed by atoms with van der Waals surface area (Å²) >= 11 is 0. The smallest absolute Gasteiger partial charge is 0.254 e. The number of nitrogens with zero attached hydrogens (tertiary/aromatic N) is 1. The number of hydrogen-bond donors (Lipinski definition) is 2. The van der Waals surface area contributed by atoms with Gasteiger partial charge >= 0.3 is 0 Å². The van der Waals surface area contributed by atoms with E-state index in [2.05, 4.69) is 22.4 Å². The number of aromatic amines is 1. The minimum atomic E-state index is -0.00620. The first-order chi connectivity index (χ1) is 7.75. The van der Waals surface area contributed by atoms with Gasteiger partial charge in [-0.1, -0.05) is 19.8 Å². The van der Waals surface area contributed by atoms with Gasteiger partial charge in [0, 0.05) is 12.2 Å². The van der Waals surface area contributed by atoms with Crippen molar-refractivity contribution in [3.05, 3.63) is 18.0 Å². The zero-order valence-corrected chi connectivity index (χ0v) is 9.70. The molecule has 2 rings (SSSR count). The Hall–Kier alpha value is -1.32. The SMILES string of the molecule is CC1CCCC(NC(=O)c2cn[nH]c2)CC1. The molecule has 1 saturated carbocycles. The predicted octanol–water partition coefficient (Wildman–Crippen LogP) is 2.11. The Kier molecular flexibility index (Phi) is 3.59. The second kappa shape index (κ2) is 5.14. The Morgan fingerprint density at radius 2 is 2.31 bits per heavy atom. The van der Waals surface area contributed by atoms with Gasteiger partial charge in [0.05, 0.1) is 11.8 Å². The Morgan fingerprint density at radius 3 is 3.06 bits per heavy atom. The number of H-pyrrole nitrogens is 1. The van der Waals surface area contributed by atoms with E-state index in [1.165, 1.54) is 19.3 Å². The zero-order valence-electron chi connectivity index (χ0n) is 9.70. The molecule has 2 unspecified atom stereocenters. The van der Waals surface area contributed by atoms with E-state index in [9.17, 15) is 4.79 Å². The van der Waals surface area contributed by atoms with Gasteiger partial charge in [0.2, 0.25) is 0 Å². The van der Waals surface area contributed by atoms with E-state index >= 15 is 0 Å². The van der Waals surface area contributed by atoms with Gasteiger partial charge in [-0.25, -0.2) is 0 Å². The molecule has 1 amide bonds. The molecule has 0 aromatic carbocycles. The van der Waals surface area contributed by atoms with Gasteiger partial charge in [-0.2, -0.15) is 5.10 Å². The van der Waals surface area contributed by atoms with Crippen LogP contribution in [0, 0.1) is 5.92 Å². The van der Waals surface area contributed by atoms with Crippen LogP contribution in [0.25, 0.3) is 0 Å². The maximum atomic E-state index is 11.8. The predicted molar refractivity (Wildman–Crippen MR) is 62.1 cm³/mol. The van der Waals surface area contributed by atoms with Crippen molar-refractivity contribution in [2.24, 2.45) is 5.92 Å². The lowest BCUT2D eigenvalue weighted by Gasteiger charge is -2.15. The molecule has 1 heterocycles. The Morgan fingerprint density at radius 1 is 1.44 bits per heavy atom. The van der Waals surface area contributed by atoms with Crippen LogP contribution >= 0.6 is 0 Å². The summed E-state index contributed by atoms with van der Waals surface area (Å²) < 4.78 is 0. The summed E-state index contributed by atoms with van der Waals surface area (Å²) in [5.41, 5.74) is 0.622. The topological polar surface area (TPSA) is 57.8 Å². The monoisotopic (exact) mass is 221 g/mol. The fourth-order valence-electron chi connectivity index (χ4n) is 2.28. The van der Waals surface area contributed by atoms with E-state index in [-0.39, 0.29) is 5.91 Å². The summed E-state index contributed by atoms with van der Waals surface area (Å²) in [5, 5.41) is 9.52. The van der Waals surface area contributed by atoms with Crippen molar-refractivity contribution < 1.29 is 4.79 Å². The fraction of sp³-hybridized carbons (Fsp3) is 0.667. The van der Waals surface area contributed by atoms with Crippen LogP contribution in [-0.2, 0) is 0 Å². The molecule has 0 saturated heterocycles. The van der Waals surface area contributed by atoms with Crippen LogP contribution in [0.2, 0.25) is 0 Å². The summed E-state index contributed by atoms with van der Waals surface area (Å²) in [6.45, 7) is 2.29. The second-order valence-electron chi connectivity index (χ2n) is 4.77. The minimum absolute atomic E-state index is 0.00620. The van der Waals surface area contributed by atoms with Gasteiger partial charge in [-0.05, 0) is 25.2 Å². The summed E-state index contributed by atoms with van der Waals surface area (Å²) in [4.78, 5) is 11.8. The molecule has 1 aliphatic rings. The molecule has 4 heteroatoms. The molecule has 1 fully saturated rings. The average Bonchev–Trinajstić information content (AvgIpc) is 2.72. The van der Waals surface area contributed by atoms with Crippen molar-refractivity contribution >= 4 is 5.91 Å². The van der Waals surface area contributed by atoms with Gasteiger partial charge in [-0.3, -0.25) is 9.89 Å². The van der Waals surface area contributed by atoms with Crippen molar-refractivity contribution in [2.75, 3.05) is 0 Å². The molecule has 1 aliphatic carbocycles. The van der Waals surface area contributed by atoms with Crippen LogP contribution in [-0.4, -0.2) is 22.1 Å². The number of amides is 1. The summed E-state index contributed by atoms with van der Waals surface area (Å²) in [6.07, 6.45) is 9.13. The lowest BCUT2D eigenvalue weighted by molar-refractivity contribution is 0.0933. The third-order valence-corrected chi connectivity index (χ3v) is 3.35. The first-order valence-corrected chi connectivity index (χ1v) is 6.05. The first kappa shape index (κ1) is 11.2. The molecule has 1 aromatic heterocycles. The number of rotatable bonds is 2. The summed E-state index contributed by atoms with van der Waals surface area (Å²) in [7, 11) is 0. The van der Waals surface area contributed by atoms with E-state index in [4.69, 9.17) is 0 Å². The second-order valence-corrected chi connectivity index (χ2v) is 4.77. The van der Waals surface area contributed by atoms with Crippen LogP contribution in [0.15, 0.2) is 12.4 Å². The molecule has 0 radical (unpaired) electrons. The normalized spacial score (nSPS) is 26.1. The maximum absolute atomic E-state index is 11.8. The van der Waals surface area contributed by atoms with Crippen molar-refractivity contribution in [1.82, 2.24) is 15.5 Å². The van der Waals surface area contributed by atoms with E-state index in [1.54, 1.807) is 12.4 Å². The molecule has 0 aliphatic heterocycles. The lowest BCUT2D eigenvalue weighted by Crippen LogP contribution is -2.34. The van der Waals surface area contributed by atoms with Gasteiger partial charge in [0.25, 0.3) is 5.91 Å². The molecule has 16 heavy (non-hydrogen) atoms. The van der Waals surface area contributed by atoms with Gasteiger partial charge in [0.15, 0.2) is 0 Å². The summed E-state index contributed by atoms with van der Waals surface area (Å²) in [6, 6.07) is 0.340. The highest BCUT2D eigenvalue weighted by molar-refractivity contribution is 5.93. The quantitative estimate of drug-likeness (QED) is 0.751. The number of carbonyl (C=O) groups is 1. The highest BCUT2D eigenvalue weighted by atomic mass is 16.1. The Bertz CT molecular complexity index is 334. The van der Waals surface area contributed by atoms with Crippen LogP contribution < -0.4 is 5.32 Å². The zero-order chi connectivity index (χ0) is 11.4. The van der Waals surface area contributed by atoms with Crippen LogP contribution in [0.1, 0.15) is 49.4 Å². The standard InChI is InChI=1S/C12H19N3O/c1-9-3-2-4-11(6-5-9)15-12(16)10-7-13-14-8-10/h7-9,11H,2-6H2,1H3,(H,13,14)(H,15,16). The molecule has 2 atom stereocenters. The van der Waals surface area contributed by atoms with Crippen molar-refractivity contribution in [3.63, 3.8) is 0 Å². The molecule has 88 valence electrons. The van der Waals surface area contributed by atoms with Gasteiger partial charge < -0.3 is 5.32 Å². The van der Waals surface area contributed by atoms with E-state index in [0.29, 0.717) is 11.6 Å². The average molecular weight is 221 g/mol. The molecule has 0 bridgehead atoms. The number of nitrogens with one attached hydrogen (secondary N) is 2. The number of hydrogen-bond acceptors (Lipinski definition) is 2. The van der Waals surface area contributed by atoms with Crippen LogP contribution in [0.3, 0.4) is 0 Å². The van der Waals surface area contributed by atoms with Gasteiger partial charge in [-0.15, -0.1) is 0 Å². The molecule has 4 nitrogen and oxygen atoms in total. The van der Waals surface area contributed by atoms with E-state index < -0.39 is 0 Å². The molecule has 1 aromatic rings. The lowest BCUT2D eigenvalue weighted by atomic mass is 10.0. The molecule has 0 spiro atoms. The maximum Gasteiger partial charge on any atom is 0.254 e. The van der Waals surface area contributed by atoms with E-state index in [1.807, 2.05) is 0 Å². The molecule has 2 N–H and O–H groups in total. The number of aromatic nitrogens is 2. The van der Waals surface area contributed by atoms with Crippen molar-refractivity contribution in [3.8, 4) is 0 Å². The largest absolute Gasteiger partial charge is 0.349 e. The van der Waals surface area contributed by atoms with Crippen LogP contribution in [0.5, 0.6) is 0 Å². The third-order valence-electron chi connectivity index (χ3n) is 3.35. The number of carbonyl (C=O) groups excluding carboxylic acids is 1. The molecular formula is C12H19N3O. The fourth-order valence-corrected chi connectivity index (χ4v) is 2.28. The van der Waals surface area contributed by atoms with Gasteiger partial charge in [0.1, 0.15) is 0 Å². The highest BCUT2D eigenvalue weighted by Crippen LogP contribution is 2.22. The third kappa shape index (κ3) is 2.84. The Balaban J connectivity index is 1.87. The summed E-state index contributed by atoms with van der Waals surface area (Å²) in [5.74, 6) is 0.795.